The minimum absolute atomic E-state index is 0.0404. The topological polar surface area (TPSA) is 59.9 Å². The molecule has 6 heteroatoms. The van der Waals surface area contributed by atoms with Gasteiger partial charge >= 0.3 is 0 Å². The number of hydrazone groups is 1. The summed E-state index contributed by atoms with van der Waals surface area (Å²) in [6, 6.07) is 13.2. The fraction of sp³-hybridized carbons (Fsp3) is 0.440. The van der Waals surface area contributed by atoms with Gasteiger partial charge in [-0.15, -0.1) is 0 Å². The second-order valence-electron chi connectivity index (χ2n) is 8.62. The molecule has 2 aliphatic carbocycles. The molecule has 0 unspecified atom stereocenters. The number of amides is 1. The van der Waals surface area contributed by atoms with Crippen LogP contribution in [0, 0.1) is 17.3 Å². The van der Waals surface area contributed by atoms with Crippen molar-refractivity contribution in [1.82, 2.24) is 5.43 Å². The van der Waals surface area contributed by atoms with E-state index < -0.39 is 0 Å². The van der Waals surface area contributed by atoms with Crippen molar-refractivity contribution in [2.45, 2.75) is 46.1 Å². The van der Waals surface area contributed by atoms with Gasteiger partial charge in [-0.2, -0.15) is 5.10 Å². The Morgan fingerprint density at radius 2 is 2.00 bits per heavy atom. The summed E-state index contributed by atoms with van der Waals surface area (Å²) in [5, 5.41) is 4.89. The fourth-order valence-electron chi connectivity index (χ4n) is 4.82. The van der Waals surface area contributed by atoms with E-state index in [1.165, 1.54) is 12.8 Å². The van der Waals surface area contributed by atoms with Crippen LogP contribution < -0.4 is 14.9 Å². The highest BCUT2D eigenvalue weighted by Gasteiger charge is 2.64. The van der Waals surface area contributed by atoms with Crippen LogP contribution in [-0.4, -0.2) is 18.7 Å². The number of benzene rings is 2. The van der Waals surface area contributed by atoms with E-state index in [0.717, 1.165) is 24.0 Å². The average molecular weight is 441 g/mol. The molecule has 1 N–H and O–H groups in total. The van der Waals surface area contributed by atoms with Gasteiger partial charge in [-0.1, -0.05) is 43.5 Å². The summed E-state index contributed by atoms with van der Waals surface area (Å²) in [6.45, 7) is 5.11. The predicted octanol–water partition coefficient (Wildman–Crippen LogP) is 5.59. The molecular formula is C25H29ClN2O3. The molecule has 0 radical (unpaired) electrons. The lowest BCUT2D eigenvalue weighted by atomic mass is 9.90. The second-order valence-corrected chi connectivity index (χ2v) is 9.06. The van der Waals surface area contributed by atoms with E-state index in [4.69, 9.17) is 21.1 Å². The number of nitrogens with one attached hydrogen (secondary N) is 1. The Labute approximate surface area is 188 Å². The van der Waals surface area contributed by atoms with Crippen LogP contribution >= 0.6 is 11.6 Å². The van der Waals surface area contributed by atoms with Crippen molar-refractivity contribution in [3.05, 3.63) is 58.6 Å². The Kier molecular flexibility index (Phi) is 6.51. The Bertz CT molecular complexity index is 960. The first-order valence-electron chi connectivity index (χ1n) is 11.0. The summed E-state index contributed by atoms with van der Waals surface area (Å²) in [5.41, 5.74) is 4.78. The maximum atomic E-state index is 12.6. The molecule has 0 saturated heterocycles. The molecule has 2 saturated carbocycles. The average Bonchev–Trinajstić information content (AvgIpc) is 3.40. The van der Waals surface area contributed by atoms with Crippen molar-refractivity contribution in [2.75, 3.05) is 6.61 Å². The number of hydrogen-bond acceptors (Lipinski definition) is 4. The molecule has 0 aliphatic heterocycles. The third-order valence-corrected chi connectivity index (χ3v) is 6.83. The third-order valence-electron chi connectivity index (χ3n) is 6.58. The zero-order valence-corrected chi connectivity index (χ0v) is 18.8. The summed E-state index contributed by atoms with van der Waals surface area (Å²) in [5.74, 6) is 1.98. The van der Waals surface area contributed by atoms with Crippen molar-refractivity contribution in [1.29, 1.82) is 0 Å². The molecule has 5 nitrogen and oxygen atoms in total. The van der Waals surface area contributed by atoms with Crippen molar-refractivity contribution >= 4 is 23.7 Å². The Morgan fingerprint density at radius 1 is 1.19 bits per heavy atom. The molecule has 3 atom stereocenters. The van der Waals surface area contributed by atoms with Gasteiger partial charge in [0, 0.05) is 10.9 Å². The molecule has 0 heterocycles. The Balaban J connectivity index is 1.36. The standard InChI is InChI=1S/C25H29ClN2O3/c1-3-30-22-14-18(9-12-21(22)31-16-17-7-10-19(26)11-8-17)15-27-28-24(29)23-20-6-4-5-13-25(20,23)2/h7-12,14-15,20,23H,3-6,13,16H2,1-2H3,(H,28,29)/b27-15+/t20-,23-,25-/m0/s1. The lowest BCUT2D eigenvalue weighted by molar-refractivity contribution is -0.123. The molecule has 164 valence electrons. The van der Waals surface area contributed by atoms with Crippen LogP contribution in [0.1, 0.15) is 50.7 Å². The molecule has 31 heavy (non-hydrogen) atoms. The fourth-order valence-corrected chi connectivity index (χ4v) is 4.95. The van der Waals surface area contributed by atoms with Gasteiger partial charge in [0.25, 0.3) is 0 Å². The van der Waals surface area contributed by atoms with Crippen molar-refractivity contribution in [3.63, 3.8) is 0 Å². The summed E-state index contributed by atoms with van der Waals surface area (Å²) in [7, 11) is 0. The van der Waals surface area contributed by atoms with Gasteiger partial charge in [0.2, 0.25) is 5.91 Å². The van der Waals surface area contributed by atoms with E-state index in [0.29, 0.717) is 35.7 Å². The zero-order chi connectivity index (χ0) is 21.8. The molecule has 0 spiro atoms. The number of nitrogens with zero attached hydrogens (tertiary/aromatic N) is 1. The van der Waals surface area contributed by atoms with Crippen LogP contribution in [0.15, 0.2) is 47.6 Å². The van der Waals surface area contributed by atoms with E-state index in [1.807, 2.05) is 49.4 Å². The van der Waals surface area contributed by atoms with Gasteiger partial charge in [0.1, 0.15) is 6.61 Å². The number of carbonyl (C=O) groups excluding carboxylic acids is 1. The molecule has 0 bridgehead atoms. The van der Waals surface area contributed by atoms with Crippen LogP contribution in [0.4, 0.5) is 0 Å². The van der Waals surface area contributed by atoms with Gasteiger partial charge in [-0.3, -0.25) is 4.79 Å². The van der Waals surface area contributed by atoms with E-state index in [2.05, 4.69) is 17.5 Å². The number of hydrogen-bond donors (Lipinski definition) is 1. The Hall–Kier alpha value is -2.53. The van der Waals surface area contributed by atoms with E-state index in [9.17, 15) is 4.79 Å². The number of halogens is 1. The molecule has 2 aromatic carbocycles. The highest BCUT2D eigenvalue weighted by atomic mass is 35.5. The molecule has 2 aromatic rings. The van der Waals surface area contributed by atoms with Gasteiger partial charge < -0.3 is 9.47 Å². The smallest absolute Gasteiger partial charge is 0.244 e. The summed E-state index contributed by atoms with van der Waals surface area (Å²) < 4.78 is 11.7. The number of fused-ring (bicyclic) bond motifs is 1. The second kappa shape index (κ2) is 9.31. The van der Waals surface area contributed by atoms with E-state index in [-0.39, 0.29) is 17.2 Å². The number of carbonyl (C=O) groups is 1. The van der Waals surface area contributed by atoms with Gasteiger partial charge in [-0.05, 0) is 72.6 Å². The molecule has 2 aliphatic rings. The largest absolute Gasteiger partial charge is 0.490 e. The first-order valence-corrected chi connectivity index (χ1v) is 11.4. The Morgan fingerprint density at radius 3 is 2.71 bits per heavy atom. The highest BCUT2D eigenvalue weighted by Crippen LogP contribution is 2.66. The van der Waals surface area contributed by atoms with Crippen molar-refractivity contribution in [2.24, 2.45) is 22.4 Å². The minimum Gasteiger partial charge on any atom is -0.490 e. The summed E-state index contributed by atoms with van der Waals surface area (Å²) >= 11 is 5.93. The third kappa shape index (κ3) is 4.87. The maximum absolute atomic E-state index is 12.6. The van der Waals surface area contributed by atoms with Crippen LogP contribution in [-0.2, 0) is 11.4 Å². The van der Waals surface area contributed by atoms with Gasteiger partial charge in [0.15, 0.2) is 11.5 Å². The lowest BCUT2D eigenvalue weighted by Gasteiger charge is -2.15. The molecule has 4 rings (SSSR count). The molecule has 2 fully saturated rings. The SMILES string of the molecule is CCOc1cc(/C=N/NC(=O)[C@@H]2[C@@H]3CCCC[C@]23C)ccc1OCc1ccc(Cl)cc1. The van der Waals surface area contributed by atoms with E-state index >= 15 is 0 Å². The van der Waals surface area contributed by atoms with Gasteiger partial charge in [0.05, 0.1) is 12.8 Å². The monoisotopic (exact) mass is 440 g/mol. The maximum Gasteiger partial charge on any atom is 0.244 e. The summed E-state index contributed by atoms with van der Waals surface area (Å²) in [6.07, 6.45) is 6.42. The lowest BCUT2D eigenvalue weighted by Crippen LogP contribution is -2.22. The highest BCUT2D eigenvalue weighted by molar-refractivity contribution is 6.30. The van der Waals surface area contributed by atoms with Crippen LogP contribution in [0.25, 0.3) is 0 Å². The van der Waals surface area contributed by atoms with Crippen molar-refractivity contribution < 1.29 is 14.3 Å². The van der Waals surface area contributed by atoms with E-state index in [1.54, 1.807) is 6.21 Å². The van der Waals surface area contributed by atoms with Crippen LogP contribution in [0.5, 0.6) is 11.5 Å². The molecular weight excluding hydrogens is 412 g/mol. The predicted molar refractivity (Wildman–Crippen MR) is 123 cm³/mol. The normalized spacial score (nSPS) is 24.5. The van der Waals surface area contributed by atoms with Crippen LogP contribution in [0.3, 0.4) is 0 Å². The quantitative estimate of drug-likeness (QED) is 0.429. The number of rotatable bonds is 8. The van der Waals surface area contributed by atoms with Crippen molar-refractivity contribution in [3.8, 4) is 11.5 Å². The minimum atomic E-state index is 0.0404. The zero-order valence-electron chi connectivity index (χ0n) is 18.1. The van der Waals surface area contributed by atoms with Crippen LogP contribution in [0.2, 0.25) is 5.02 Å². The molecule has 1 amide bonds. The first-order chi connectivity index (χ1) is 15.0. The molecule has 0 aromatic heterocycles. The van der Waals surface area contributed by atoms with Gasteiger partial charge in [-0.25, -0.2) is 5.43 Å². The number of ether oxygens (including phenoxy) is 2. The first kappa shape index (κ1) is 21.7. The summed E-state index contributed by atoms with van der Waals surface area (Å²) in [4.78, 5) is 12.6.